The molecule has 1 fully saturated rings. The molecule has 0 radical (unpaired) electrons. The molecule has 2 unspecified atom stereocenters. The Morgan fingerprint density at radius 2 is 2.31 bits per heavy atom. The number of halogens is 1. The molecule has 1 aliphatic carbocycles. The van der Waals surface area contributed by atoms with Gasteiger partial charge in [0.05, 0.1) is 11.7 Å². The highest BCUT2D eigenvalue weighted by Gasteiger charge is 2.25. The van der Waals surface area contributed by atoms with Gasteiger partial charge in [0.1, 0.15) is 5.69 Å². The molecule has 1 aliphatic rings. The van der Waals surface area contributed by atoms with Crippen LogP contribution in [-0.4, -0.2) is 26.9 Å². The molecule has 1 aromatic rings. The van der Waals surface area contributed by atoms with E-state index in [1.54, 1.807) is 17.1 Å². The first kappa shape index (κ1) is 11.5. The lowest BCUT2D eigenvalue weighted by Crippen LogP contribution is -2.42. The number of carbonyl (C=O) groups excluding carboxylic acids is 1. The van der Waals surface area contributed by atoms with E-state index in [1.807, 2.05) is 7.05 Å². The van der Waals surface area contributed by atoms with Crippen molar-refractivity contribution in [3.63, 3.8) is 0 Å². The van der Waals surface area contributed by atoms with Crippen LogP contribution in [0.2, 0.25) is 0 Å². The zero-order chi connectivity index (χ0) is 11.5. The standard InChI is InChI=1S/C11H16ClN3O/c1-15-6-10(13-7-15)11(16)14-9-5-3-2-4-8(9)12/h6-9H,2-5H2,1H3,(H,14,16). The first-order chi connectivity index (χ1) is 7.66. The second-order valence-corrected chi connectivity index (χ2v) is 4.87. The quantitative estimate of drug-likeness (QED) is 0.802. The lowest BCUT2D eigenvalue weighted by Gasteiger charge is -2.27. The Morgan fingerprint density at radius 3 is 2.94 bits per heavy atom. The van der Waals surface area contributed by atoms with E-state index in [-0.39, 0.29) is 17.3 Å². The lowest BCUT2D eigenvalue weighted by molar-refractivity contribution is 0.0924. The van der Waals surface area contributed by atoms with Gasteiger partial charge in [-0.25, -0.2) is 4.98 Å². The van der Waals surface area contributed by atoms with Crippen LogP contribution in [0.4, 0.5) is 0 Å². The van der Waals surface area contributed by atoms with E-state index < -0.39 is 0 Å². The Kier molecular flexibility index (Phi) is 3.49. The van der Waals surface area contributed by atoms with Crippen molar-refractivity contribution in [2.45, 2.75) is 37.1 Å². The molecule has 2 rings (SSSR count). The number of alkyl halides is 1. The number of amides is 1. The van der Waals surface area contributed by atoms with Crippen molar-refractivity contribution in [1.82, 2.24) is 14.9 Å². The predicted octanol–water partition coefficient (Wildman–Crippen LogP) is 1.70. The molecule has 1 aromatic heterocycles. The number of imidazole rings is 1. The highest BCUT2D eigenvalue weighted by molar-refractivity contribution is 6.21. The van der Waals surface area contributed by atoms with Gasteiger partial charge in [0.25, 0.3) is 5.91 Å². The van der Waals surface area contributed by atoms with Crippen LogP contribution in [0.15, 0.2) is 12.5 Å². The molecule has 1 N–H and O–H groups in total. The maximum atomic E-state index is 11.8. The predicted molar refractivity (Wildman–Crippen MR) is 62.6 cm³/mol. The molecule has 0 bridgehead atoms. The topological polar surface area (TPSA) is 46.9 Å². The van der Waals surface area contributed by atoms with Gasteiger partial charge in [-0.3, -0.25) is 4.79 Å². The third-order valence-electron chi connectivity index (χ3n) is 2.94. The van der Waals surface area contributed by atoms with E-state index in [9.17, 15) is 4.79 Å². The summed E-state index contributed by atoms with van der Waals surface area (Å²) in [6, 6.07) is 0.0879. The van der Waals surface area contributed by atoms with E-state index in [4.69, 9.17) is 11.6 Å². The summed E-state index contributed by atoms with van der Waals surface area (Å²) >= 11 is 6.18. The smallest absolute Gasteiger partial charge is 0.271 e. The third kappa shape index (κ3) is 2.55. The Morgan fingerprint density at radius 1 is 1.56 bits per heavy atom. The van der Waals surface area contributed by atoms with Gasteiger partial charge in [-0.15, -0.1) is 11.6 Å². The summed E-state index contributed by atoms with van der Waals surface area (Å²) in [7, 11) is 1.84. The van der Waals surface area contributed by atoms with Gasteiger partial charge in [-0.2, -0.15) is 0 Å². The van der Waals surface area contributed by atoms with Crippen LogP contribution >= 0.6 is 11.6 Å². The molecule has 16 heavy (non-hydrogen) atoms. The van der Waals surface area contributed by atoms with Crippen molar-refractivity contribution in [1.29, 1.82) is 0 Å². The Balaban J connectivity index is 1.96. The molecule has 2 atom stereocenters. The van der Waals surface area contributed by atoms with Crippen molar-refractivity contribution in [3.8, 4) is 0 Å². The summed E-state index contributed by atoms with van der Waals surface area (Å²) < 4.78 is 1.76. The summed E-state index contributed by atoms with van der Waals surface area (Å²) in [5, 5.41) is 3.01. The lowest BCUT2D eigenvalue weighted by atomic mass is 9.95. The Labute approximate surface area is 100.0 Å². The van der Waals surface area contributed by atoms with Gasteiger partial charge >= 0.3 is 0 Å². The minimum Gasteiger partial charge on any atom is -0.346 e. The van der Waals surface area contributed by atoms with E-state index in [0.717, 1.165) is 25.7 Å². The van der Waals surface area contributed by atoms with Crippen LogP contribution in [-0.2, 0) is 7.05 Å². The Hall–Kier alpha value is -1.03. The summed E-state index contributed by atoms with van der Waals surface area (Å²) in [5.41, 5.74) is 0.456. The van der Waals surface area contributed by atoms with E-state index in [2.05, 4.69) is 10.3 Å². The molecule has 0 saturated heterocycles. The van der Waals surface area contributed by atoms with Gasteiger partial charge in [0.15, 0.2) is 0 Å². The van der Waals surface area contributed by atoms with E-state index in [1.165, 1.54) is 0 Å². The van der Waals surface area contributed by atoms with Gasteiger partial charge in [0, 0.05) is 19.3 Å². The SMILES string of the molecule is Cn1cnc(C(=O)NC2CCCCC2Cl)c1. The summed E-state index contributed by atoms with van der Waals surface area (Å²) in [5.74, 6) is -0.127. The number of aryl methyl sites for hydroxylation is 1. The zero-order valence-corrected chi connectivity index (χ0v) is 10.1. The molecular weight excluding hydrogens is 226 g/mol. The first-order valence-corrected chi connectivity index (χ1v) is 6.03. The van der Waals surface area contributed by atoms with Crippen molar-refractivity contribution in [2.75, 3.05) is 0 Å². The molecule has 0 aliphatic heterocycles. The van der Waals surface area contributed by atoms with Gasteiger partial charge in [-0.05, 0) is 12.8 Å². The molecule has 1 saturated carbocycles. The van der Waals surface area contributed by atoms with Crippen molar-refractivity contribution in [3.05, 3.63) is 18.2 Å². The fraction of sp³-hybridized carbons (Fsp3) is 0.636. The van der Waals surface area contributed by atoms with Crippen molar-refractivity contribution >= 4 is 17.5 Å². The average Bonchev–Trinajstić information content (AvgIpc) is 2.68. The fourth-order valence-corrected chi connectivity index (χ4v) is 2.36. The van der Waals surface area contributed by atoms with Crippen LogP contribution in [0.25, 0.3) is 0 Å². The van der Waals surface area contributed by atoms with E-state index in [0.29, 0.717) is 5.69 Å². The molecular formula is C11H16ClN3O. The zero-order valence-electron chi connectivity index (χ0n) is 9.32. The summed E-state index contributed by atoms with van der Waals surface area (Å²) in [6.07, 6.45) is 7.57. The number of hydrogen-bond donors (Lipinski definition) is 1. The van der Waals surface area contributed by atoms with Crippen LogP contribution in [0.1, 0.15) is 36.2 Å². The first-order valence-electron chi connectivity index (χ1n) is 5.59. The van der Waals surface area contributed by atoms with Crippen molar-refractivity contribution in [2.24, 2.45) is 7.05 Å². The van der Waals surface area contributed by atoms with Crippen molar-refractivity contribution < 1.29 is 4.79 Å². The minimum absolute atomic E-state index is 0.0569. The molecule has 4 nitrogen and oxygen atoms in total. The van der Waals surface area contributed by atoms with Crippen LogP contribution in [0, 0.1) is 0 Å². The largest absolute Gasteiger partial charge is 0.346 e. The maximum absolute atomic E-state index is 11.8. The third-order valence-corrected chi connectivity index (χ3v) is 3.46. The summed E-state index contributed by atoms with van der Waals surface area (Å²) in [6.45, 7) is 0. The average molecular weight is 242 g/mol. The molecule has 0 spiro atoms. The molecule has 5 heteroatoms. The number of nitrogens with one attached hydrogen (secondary N) is 1. The number of nitrogens with zero attached hydrogens (tertiary/aromatic N) is 2. The molecule has 1 amide bonds. The maximum Gasteiger partial charge on any atom is 0.271 e. The second kappa shape index (κ2) is 4.87. The monoisotopic (exact) mass is 241 g/mol. The van der Waals surface area contributed by atoms with Gasteiger partial charge in [-0.1, -0.05) is 12.8 Å². The highest BCUT2D eigenvalue weighted by Crippen LogP contribution is 2.23. The van der Waals surface area contributed by atoms with Gasteiger partial charge < -0.3 is 9.88 Å². The summed E-state index contributed by atoms with van der Waals surface area (Å²) in [4.78, 5) is 15.8. The second-order valence-electron chi connectivity index (χ2n) is 4.30. The number of carbonyl (C=O) groups is 1. The number of hydrogen-bond acceptors (Lipinski definition) is 2. The molecule has 88 valence electrons. The number of rotatable bonds is 2. The van der Waals surface area contributed by atoms with Crippen LogP contribution in [0.5, 0.6) is 0 Å². The number of aromatic nitrogens is 2. The molecule has 0 aromatic carbocycles. The van der Waals surface area contributed by atoms with Crippen LogP contribution < -0.4 is 5.32 Å². The molecule has 1 heterocycles. The van der Waals surface area contributed by atoms with E-state index >= 15 is 0 Å². The highest BCUT2D eigenvalue weighted by atomic mass is 35.5. The fourth-order valence-electron chi connectivity index (χ4n) is 2.02. The minimum atomic E-state index is -0.127. The normalized spacial score (nSPS) is 25.4. The van der Waals surface area contributed by atoms with Gasteiger partial charge in [0.2, 0.25) is 0 Å². The van der Waals surface area contributed by atoms with Crippen LogP contribution in [0.3, 0.4) is 0 Å². The Bertz CT molecular complexity index is 377.